The van der Waals surface area contributed by atoms with Crippen molar-refractivity contribution >= 4 is 16.8 Å². The molecule has 6 heteroatoms. The van der Waals surface area contributed by atoms with Crippen molar-refractivity contribution in [2.45, 2.75) is 39.8 Å². The van der Waals surface area contributed by atoms with Gasteiger partial charge in [0.1, 0.15) is 11.6 Å². The van der Waals surface area contributed by atoms with Crippen molar-refractivity contribution in [3.8, 4) is 0 Å². The highest BCUT2D eigenvalue weighted by Crippen LogP contribution is 2.21. The van der Waals surface area contributed by atoms with E-state index < -0.39 is 0 Å². The van der Waals surface area contributed by atoms with Crippen LogP contribution in [0.1, 0.15) is 29.2 Å². The molecule has 124 valence electrons. The number of carbonyl (C=O) groups is 1. The van der Waals surface area contributed by atoms with E-state index in [0.717, 1.165) is 30.1 Å². The van der Waals surface area contributed by atoms with Crippen LogP contribution in [0.2, 0.25) is 0 Å². The van der Waals surface area contributed by atoms with Gasteiger partial charge in [-0.05, 0) is 38.0 Å². The van der Waals surface area contributed by atoms with Gasteiger partial charge in [-0.3, -0.25) is 4.79 Å². The Kier molecular flexibility index (Phi) is 3.59. The number of amides is 1. The zero-order valence-corrected chi connectivity index (χ0v) is 14.0. The average Bonchev–Trinajstić information content (AvgIpc) is 3.13. The topological polar surface area (TPSA) is 66.8 Å². The number of hydrogen-bond acceptors (Lipinski definition) is 3. The van der Waals surface area contributed by atoms with Gasteiger partial charge in [-0.15, -0.1) is 0 Å². The number of aromatic amines is 1. The lowest BCUT2D eigenvalue weighted by molar-refractivity contribution is -0.132. The Balaban J connectivity index is 1.44. The van der Waals surface area contributed by atoms with E-state index in [0.29, 0.717) is 19.5 Å². The number of carbonyl (C=O) groups excluding carboxylic acids is 1. The van der Waals surface area contributed by atoms with Gasteiger partial charge in [0, 0.05) is 30.1 Å². The molecule has 0 aliphatic carbocycles. The number of H-pyrrole nitrogens is 1. The molecule has 6 nitrogen and oxygen atoms in total. The highest BCUT2D eigenvalue weighted by Gasteiger charge is 2.22. The molecule has 3 heterocycles. The van der Waals surface area contributed by atoms with Gasteiger partial charge in [0.15, 0.2) is 0 Å². The fourth-order valence-electron chi connectivity index (χ4n) is 3.37. The Bertz CT molecular complexity index is 907. The minimum absolute atomic E-state index is 0.184. The normalized spacial score (nSPS) is 14.2. The smallest absolute Gasteiger partial charge is 0.223 e. The van der Waals surface area contributed by atoms with Crippen molar-refractivity contribution < 1.29 is 4.79 Å². The molecule has 1 aliphatic rings. The van der Waals surface area contributed by atoms with Gasteiger partial charge in [0.05, 0.1) is 13.1 Å². The van der Waals surface area contributed by atoms with Gasteiger partial charge in [-0.2, -0.15) is 5.10 Å². The minimum atomic E-state index is 0.184. The number of hydrogen-bond donors (Lipinski definition) is 1. The molecule has 0 bridgehead atoms. The molecule has 3 aromatic rings. The summed E-state index contributed by atoms with van der Waals surface area (Å²) < 4.78 is 1.90. The SMILES string of the molecule is Cc1ccc2[nH]cc(CCC(=O)N3CCn4nc(C)nc4C3)c2c1. The van der Waals surface area contributed by atoms with E-state index in [2.05, 4.69) is 40.2 Å². The predicted octanol–water partition coefficient (Wildman–Crippen LogP) is 2.35. The molecule has 0 spiro atoms. The molecule has 0 fully saturated rings. The number of rotatable bonds is 3. The van der Waals surface area contributed by atoms with Crippen LogP contribution in [0.25, 0.3) is 10.9 Å². The summed E-state index contributed by atoms with van der Waals surface area (Å²) in [5.41, 5.74) is 3.57. The summed E-state index contributed by atoms with van der Waals surface area (Å²) in [6, 6.07) is 6.37. The van der Waals surface area contributed by atoms with Crippen LogP contribution in [0.15, 0.2) is 24.4 Å². The monoisotopic (exact) mass is 323 g/mol. The van der Waals surface area contributed by atoms with E-state index in [-0.39, 0.29) is 5.91 Å². The van der Waals surface area contributed by atoms with Gasteiger partial charge >= 0.3 is 0 Å². The Hall–Kier alpha value is -2.63. The van der Waals surface area contributed by atoms with Gasteiger partial charge in [-0.1, -0.05) is 11.6 Å². The molecule has 2 aromatic heterocycles. The summed E-state index contributed by atoms with van der Waals surface area (Å²) in [5.74, 6) is 1.84. The Morgan fingerprint density at radius 3 is 3.04 bits per heavy atom. The van der Waals surface area contributed by atoms with Crippen LogP contribution in [0.5, 0.6) is 0 Å². The molecule has 0 saturated carbocycles. The van der Waals surface area contributed by atoms with Crippen LogP contribution in [-0.2, 0) is 24.3 Å². The van der Waals surface area contributed by atoms with Crippen LogP contribution in [0.4, 0.5) is 0 Å². The molecule has 0 saturated heterocycles. The van der Waals surface area contributed by atoms with Crippen molar-refractivity contribution in [1.82, 2.24) is 24.6 Å². The summed E-state index contributed by atoms with van der Waals surface area (Å²) in [4.78, 5) is 22.1. The minimum Gasteiger partial charge on any atom is -0.361 e. The molecule has 0 radical (unpaired) electrons. The number of nitrogens with one attached hydrogen (secondary N) is 1. The van der Waals surface area contributed by atoms with Gasteiger partial charge in [0.2, 0.25) is 5.91 Å². The zero-order chi connectivity index (χ0) is 16.7. The predicted molar refractivity (Wildman–Crippen MR) is 91.5 cm³/mol. The second-order valence-corrected chi connectivity index (χ2v) is 6.48. The van der Waals surface area contributed by atoms with E-state index in [1.807, 2.05) is 22.7 Å². The number of aromatic nitrogens is 4. The molecule has 4 rings (SSSR count). The van der Waals surface area contributed by atoms with E-state index in [4.69, 9.17) is 0 Å². The molecular weight excluding hydrogens is 302 g/mol. The molecule has 0 atom stereocenters. The van der Waals surface area contributed by atoms with E-state index in [1.54, 1.807) is 0 Å². The fraction of sp³-hybridized carbons (Fsp3) is 0.389. The van der Waals surface area contributed by atoms with Crippen LogP contribution >= 0.6 is 0 Å². The zero-order valence-electron chi connectivity index (χ0n) is 14.0. The fourth-order valence-corrected chi connectivity index (χ4v) is 3.37. The van der Waals surface area contributed by atoms with Gasteiger partial charge < -0.3 is 9.88 Å². The Labute approximate surface area is 140 Å². The second kappa shape index (κ2) is 5.78. The summed E-state index contributed by atoms with van der Waals surface area (Å²) in [6.45, 7) is 5.98. The number of fused-ring (bicyclic) bond motifs is 2. The molecule has 1 aromatic carbocycles. The van der Waals surface area contributed by atoms with E-state index in [1.165, 1.54) is 16.5 Å². The maximum absolute atomic E-state index is 12.6. The summed E-state index contributed by atoms with van der Waals surface area (Å²) in [6.07, 6.45) is 3.30. The van der Waals surface area contributed by atoms with Crippen molar-refractivity contribution in [1.29, 1.82) is 0 Å². The molecule has 1 amide bonds. The highest BCUT2D eigenvalue weighted by atomic mass is 16.2. The van der Waals surface area contributed by atoms with E-state index in [9.17, 15) is 4.79 Å². The second-order valence-electron chi connectivity index (χ2n) is 6.48. The lowest BCUT2D eigenvalue weighted by Crippen LogP contribution is -2.38. The first-order chi connectivity index (χ1) is 11.6. The van der Waals surface area contributed by atoms with Gasteiger partial charge in [-0.25, -0.2) is 9.67 Å². The van der Waals surface area contributed by atoms with Crippen molar-refractivity contribution in [3.05, 3.63) is 47.2 Å². The largest absolute Gasteiger partial charge is 0.361 e. The first-order valence-electron chi connectivity index (χ1n) is 8.35. The number of benzene rings is 1. The van der Waals surface area contributed by atoms with Crippen molar-refractivity contribution in [2.75, 3.05) is 6.54 Å². The summed E-state index contributed by atoms with van der Waals surface area (Å²) in [5, 5.41) is 5.56. The molecular formula is C18H21N5O. The first-order valence-corrected chi connectivity index (χ1v) is 8.35. The quantitative estimate of drug-likeness (QED) is 0.804. The van der Waals surface area contributed by atoms with Crippen molar-refractivity contribution in [2.24, 2.45) is 0 Å². The van der Waals surface area contributed by atoms with Crippen LogP contribution in [-0.4, -0.2) is 37.1 Å². The van der Waals surface area contributed by atoms with Crippen LogP contribution < -0.4 is 0 Å². The molecule has 24 heavy (non-hydrogen) atoms. The standard InChI is InChI=1S/C18H21N5O/c1-12-3-5-16-15(9-12)14(10-19-16)4-6-18(24)22-7-8-23-17(11-22)20-13(2)21-23/h3,5,9-10,19H,4,6-8,11H2,1-2H3. The maximum atomic E-state index is 12.6. The third-order valence-corrected chi connectivity index (χ3v) is 4.65. The summed E-state index contributed by atoms with van der Waals surface area (Å²) in [7, 11) is 0. The van der Waals surface area contributed by atoms with E-state index >= 15 is 0 Å². The molecule has 1 aliphatic heterocycles. The van der Waals surface area contributed by atoms with Gasteiger partial charge in [0.25, 0.3) is 0 Å². The highest BCUT2D eigenvalue weighted by molar-refractivity contribution is 5.85. The Morgan fingerprint density at radius 2 is 2.17 bits per heavy atom. The number of aryl methyl sites for hydroxylation is 3. The summed E-state index contributed by atoms with van der Waals surface area (Å²) >= 11 is 0. The molecule has 0 unspecified atom stereocenters. The average molecular weight is 323 g/mol. The third-order valence-electron chi connectivity index (χ3n) is 4.65. The van der Waals surface area contributed by atoms with Crippen LogP contribution in [0.3, 0.4) is 0 Å². The Morgan fingerprint density at radius 1 is 1.29 bits per heavy atom. The van der Waals surface area contributed by atoms with Crippen LogP contribution in [0, 0.1) is 13.8 Å². The van der Waals surface area contributed by atoms with Crippen molar-refractivity contribution in [3.63, 3.8) is 0 Å². The number of nitrogens with zero attached hydrogens (tertiary/aromatic N) is 4. The third kappa shape index (κ3) is 2.68. The lowest BCUT2D eigenvalue weighted by Gasteiger charge is -2.26. The maximum Gasteiger partial charge on any atom is 0.223 e. The first kappa shape index (κ1) is 14.9. The lowest BCUT2D eigenvalue weighted by atomic mass is 10.1. The molecule has 1 N–H and O–H groups in total.